The van der Waals surface area contributed by atoms with E-state index in [1.54, 1.807) is 36.7 Å². The summed E-state index contributed by atoms with van der Waals surface area (Å²) >= 11 is 13.0. The van der Waals surface area contributed by atoms with Crippen molar-refractivity contribution in [3.05, 3.63) is 69.0 Å². The third-order valence-electron chi connectivity index (χ3n) is 3.24. The quantitative estimate of drug-likeness (QED) is 0.611. The molecule has 0 N–H and O–H groups in total. The van der Waals surface area contributed by atoms with Crippen LogP contribution < -0.4 is 0 Å². The summed E-state index contributed by atoms with van der Waals surface area (Å²) in [6.45, 7) is 0.217. The van der Waals surface area contributed by atoms with Crippen molar-refractivity contribution in [2.24, 2.45) is 0 Å². The van der Waals surface area contributed by atoms with Gasteiger partial charge in [-0.05, 0) is 29.8 Å². The number of nitrogens with zero attached hydrogens (tertiary/aromatic N) is 2. The molecule has 0 aromatic carbocycles. The second-order valence-electron chi connectivity index (χ2n) is 4.90. The third-order valence-corrected chi connectivity index (χ3v) is 6.78. The largest absolute Gasteiger partial charge is 0.468 e. The number of halogens is 2. The van der Waals surface area contributed by atoms with Crippen molar-refractivity contribution in [1.29, 1.82) is 0 Å². The van der Waals surface area contributed by atoms with Gasteiger partial charge in [-0.2, -0.15) is 4.31 Å². The number of sulfonamides is 1. The van der Waals surface area contributed by atoms with Crippen LogP contribution in [0.2, 0.25) is 8.67 Å². The summed E-state index contributed by atoms with van der Waals surface area (Å²) in [5, 5.41) is 0. The normalized spacial score (nSPS) is 12.0. The van der Waals surface area contributed by atoms with Gasteiger partial charge in [0.05, 0.1) is 17.1 Å². The van der Waals surface area contributed by atoms with E-state index in [1.807, 2.05) is 0 Å². The van der Waals surface area contributed by atoms with Gasteiger partial charge in [-0.1, -0.05) is 29.3 Å². The van der Waals surface area contributed by atoms with Crippen molar-refractivity contribution >= 4 is 44.6 Å². The van der Waals surface area contributed by atoms with E-state index in [-0.39, 0.29) is 22.3 Å². The molecule has 0 aliphatic carbocycles. The molecule has 126 valence electrons. The summed E-state index contributed by atoms with van der Waals surface area (Å²) in [6.07, 6.45) is 4.75. The van der Waals surface area contributed by atoms with Gasteiger partial charge < -0.3 is 4.42 Å². The molecule has 0 saturated carbocycles. The van der Waals surface area contributed by atoms with Crippen LogP contribution in [-0.4, -0.2) is 17.7 Å². The van der Waals surface area contributed by atoms with Gasteiger partial charge >= 0.3 is 0 Å². The Morgan fingerprint density at radius 2 is 2.04 bits per heavy atom. The minimum absolute atomic E-state index is 0.00499. The monoisotopic (exact) mass is 402 g/mol. The average molecular weight is 403 g/mol. The Kier molecular flexibility index (Phi) is 5.27. The molecule has 0 spiro atoms. The zero-order valence-electron chi connectivity index (χ0n) is 12.2. The Bertz CT molecular complexity index is 910. The number of aromatic nitrogens is 1. The van der Waals surface area contributed by atoms with Crippen LogP contribution in [0.25, 0.3) is 0 Å². The van der Waals surface area contributed by atoms with Crippen molar-refractivity contribution in [2.45, 2.75) is 18.0 Å². The van der Waals surface area contributed by atoms with Crippen LogP contribution in [-0.2, 0) is 23.1 Å². The number of hydrogen-bond donors (Lipinski definition) is 0. The maximum Gasteiger partial charge on any atom is 0.246 e. The van der Waals surface area contributed by atoms with Gasteiger partial charge in [-0.3, -0.25) is 4.98 Å². The Hall–Kier alpha value is -1.38. The number of hydrogen-bond acceptors (Lipinski definition) is 5. The summed E-state index contributed by atoms with van der Waals surface area (Å²) in [5.41, 5.74) is 0.755. The molecule has 3 aromatic heterocycles. The Morgan fingerprint density at radius 1 is 1.21 bits per heavy atom. The van der Waals surface area contributed by atoms with Gasteiger partial charge in [0, 0.05) is 18.9 Å². The highest BCUT2D eigenvalue weighted by molar-refractivity contribution is 7.89. The molecule has 3 rings (SSSR count). The first-order valence-corrected chi connectivity index (χ1v) is 9.84. The fourth-order valence-electron chi connectivity index (χ4n) is 2.14. The summed E-state index contributed by atoms with van der Waals surface area (Å²) in [6, 6.07) is 8.34. The van der Waals surface area contributed by atoms with Crippen LogP contribution in [0.1, 0.15) is 11.3 Å². The van der Waals surface area contributed by atoms with Crippen molar-refractivity contribution in [2.75, 3.05) is 0 Å². The minimum atomic E-state index is -3.85. The standard InChI is InChI=1S/C15H12Cl2N2O3S2/c16-14-7-13(15(17)23-14)24(20,21)19(10-12-4-2-6-22-12)9-11-3-1-5-18-8-11/h1-8H,9-10H2. The lowest BCUT2D eigenvalue weighted by Crippen LogP contribution is -2.30. The minimum Gasteiger partial charge on any atom is -0.468 e. The highest BCUT2D eigenvalue weighted by Gasteiger charge is 2.29. The lowest BCUT2D eigenvalue weighted by Gasteiger charge is -2.21. The van der Waals surface area contributed by atoms with E-state index in [0.29, 0.717) is 10.1 Å². The van der Waals surface area contributed by atoms with Gasteiger partial charge in [-0.25, -0.2) is 8.42 Å². The van der Waals surface area contributed by atoms with Crippen molar-refractivity contribution in [3.8, 4) is 0 Å². The lowest BCUT2D eigenvalue weighted by atomic mass is 10.3. The molecule has 0 radical (unpaired) electrons. The summed E-state index contributed by atoms with van der Waals surface area (Å²) in [4.78, 5) is 4.02. The van der Waals surface area contributed by atoms with Crippen LogP contribution in [0.15, 0.2) is 58.3 Å². The van der Waals surface area contributed by atoms with E-state index >= 15 is 0 Å². The summed E-state index contributed by atoms with van der Waals surface area (Å²) in [7, 11) is -3.85. The van der Waals surface area contributed by atoms with E-state index in [1.165, 1.54) is 16.6 Å². The molecule has 0 amide bonds. The molecule has 3 heterocycles. The maximum absolute atomic E-state index is 13.0. The molecule has 0 bridgehead atoms. The third kappa shape index (κ3) is 3.81. The van der Waals surface area contributed by atoms with Crippen molar-refractivity contribution in [3.63, 3.8) is 0 Å². The van der Waals surface area contributed by atoms with Crippen LogP contribution in [0.5, 0.6) is 0 Å². The Balaban J connectivity index is 1.98. The van der Waals surface area contributed by atoms with Crippen molar-refractivity contribution < 1.29 is 12.8 Å². The molecule has 0 aliphatic rings. The molecular formula is C15H12Cl2N2O3S2. The SMILES string of the molecule is O=S(=O)(c1cc(Cl)sc1Cl)N(Cc1cccnc1)Cc1ccco1. The molecule has 0 atom stereocenters. The summed E-state index contributed by atoms with van der Waals surface area (Å²) in [5.74, 6) is 0.528. The number of pyridine rings is 1. The molecule has 0 aliphatic heterocycles. The first kappa shape index (κ1) is 17.4. The zero-order valence-corrected chi connectivity index (χ0v) is 15.4. The van der Waals surface area contributed by atoms with Crippen molar-refractivity contribution in [1.82, 2.24) is 9.29 Å². The number of rotatable bonds is 6. The van der Waals surface area contributed by atoms with Gasteiger partial charge in [0.2, 0.25) is 10.0 Å². The number of furan rings is 1. The van der Waals surface area contributed by atoms with E-state index < -0.39 is 10.0 Å². The van der Waals surface area contributed by atoms with E-state index in [4.69, 9.17) is 27.6 Å². The predicted octanol–water partition coefficient (Wildman–Crippen LogP) is 4.43. The molecule has 0 saturated heterocycles. The number of thiophene rings is 1. The smallest absolute Gasteiger partial charge is 0.246 e. The van der Waals surface area contributed by atoms with Crippen LogP contribution >= 0.6 is 34.5 Å². The first-order chi connectivity index (χ1) is 11.5. The Morgan fingerprint density at radius 3 is 2.62 bits per heavy atom. The Labute approximate surface area is 153 Å². The van der Waals surface area contributed by atoms with E-state index in [2.05, 4.69) is 4.98 Å². The molecule has 5 nitrogen and oxygen atoms in total. The first-order valence-electron chi connectivity index (χ1n) is 6.83. The fraction of sp³-hybridized carbons (Fsp3) is 0.133. The van der Waals surface area contributed by atoms with Gasteiger partial charge in [0.1, 0.15) is 15.0 Å². The average Bonchev–Trinajstić information content (AvgIpc) is 3.17. The van der Waals surface area contributed by atoms with Gasteiger partial charge in [-0.15, -0.1) is 11.3 Å². The second kappa shape index (κ2) is 7.25. The predicted molar refractivity (Wildman–Crippen MR) is 93.7 cm³/mol. The van der Waals surface area contributed by atoms with Gasteiger partial charge in [0.25, 0.3) is 0 Å². The van der Waals surface area contributed by atoms with Crippen LogP contribution in [0.4, 0.5) is 0 Å². The van der Waals surface area contributed by atoms with Crippen LogP contribution in [0, 0.1) is 0 Å². The maximum atomic E-state index is 13.0. The molecule has 3 aromatic rings. The van der Waals surface area contributed by atoms with E-state index in [0.717, 1.165) is 16.9 Å². The molecule has 24 heavy (non-hydrogen) atoms. The van der Waals surface area contributed by atoms with Crippen LogP contribution in [0.3, 0.4) is 0 Å². The fourth-order valence-corrected chi connectivity index (χ4v) is 5.64. The van der Waals surface area contributed by atoms with E-state index in [9.17, 15) is 8.42 Å². The topological polar surface area (TPSA) is 63.4 Å². The highest BCUT2D eigenvalue weighted by atomic mass is 35.5. The second-order valence-corrected chi connectivity index (χ2v) is 9.09. The lowest BCUT2D eigenvalue weighted by molar-refractivity contribution is 0.358. The molecule has 0 fully saturated rings. The molecular weight excluding hydrogens is 391 g/mol. The zero-order chi connectivity index (χ0) is 17.2. The summed E-state index contributed by atoms with van der Waals surface area (Å²) < 4.78 is 33.1. The highest BCUT2D eigenvalue weighted by Crippen LogP contribution is 2.36. The molecule has 0 unspecified atom stereocenters. The van der Waals surface area contributed by atoms with Gasteiger partial charge in [0.15, 0.2) is 0 Å². The molecule has 9 heteroatoms.